The van der Waals surface area contributed by atoms with Crippen LogP contribution in [0.25, 0.3) is 21.6 Å². The van der Waals surface area contributed by atoms with Crippen molar-refractivity contribution in [1.29, 1.82) is 0 Å². The molecule has 4 rings (SSSR count). The number of pyridine rings is 1. The number of aromatic nitrogens is 2. The van der Waals surface area contributed by atoms with Crippen molar-refractivity contribution in [3.05, 3.63) is 35.3 Å². The van der Waals surface area contributed by atoms with Gasteiger partial charge in [0.05, 0.1) is 24.4 Å². The zero-order chi connectivity index (χ0) is 20.5. The average Bonchev–Trinajstić information content (AvgIpc) is 3.37. The van der Waals surface area contributed by atoms with Crippen molar-refractivity contribution < 1.29 is 14.3 Å². The third kappa shape index (κ3) is 4.04. The number of benzene rings is 1. The summed E-state index contributed by atoms with van der Waals surface area (Å²) in [6, 6.07) is 7.28. The first-order valence-electron chi connectivity index (χ1n) is 9.58. The van der Waals surface area contributed by atoms with E-state index < -0.39 is 0 Å². The molecular weight excluding hydrogens is 388 g/mol. The lowest BCUT2D eigenvalue weighted by atomic mass is 10.1. The Balaban J connectivity index is 1.74. The van der Waals surface area contributed by atoms with E-state index in [0.717, 1.165) is 33.0 Å². The number of thiazole rings is 1. The van der Waals surface area contributed by atoms with Crippen LogP contribution in [0, 0.1) is 0 Å². The minimum Gasteiger partial charge on any atom is -0.497 e. The first-order chi connectivity index (χ1) is 13.9. The molecule has 2 aromatic heterocycles. The normalized spacial score (nSPS) is 19.0. The summed E-state index contributed by atoms with van der Waals surface area (Å²) >= 11 is 1.57. The van der Waals surface area contributed by atoms with E-state index >= 15 is 0 Å². The summed E-state index contributed by atoms with van der Waals surface area (Å²) in [5.41, 5.74) is 7.99. The van der Waals surface area contributed by atoms with E-state index in [2.05, 4.69) is 24.5 Å². The van der Waals surface area contributed by atoms with Gasteiger partial charge in [0, 0.05) is 35.9 Å². The molecular formula is C21H24N4O3S. The third-order valence-electron chi connectivity index (χ3n) is 5.04. The molecule has 29 heavy (non-hydrogen) atoms. The number of ether oxygens (including phenoxy) is 2. The van der Waals surface area contributed by atoms with Gasteiger partial charge in [0.2, 0.25) is 5.91 Å². The van der Waals surface area contributed by atoms with Gasteiger partial charge in [-0.25, -0.2) is 9.97 Å². The van der Waals surface area contributed by atoms with Gasteiger partial charge < -0.3 is 20.5 Å². The summed E-state index contributed by atoms with van der Waals surface area (Å²) in [5.74, 6) is 1.44. The van der Waals surface area contributed by atoms with Gasteiger partial charge in [0.15, 0.2) is 0 Å². The molecule has 0 radical (unpaired) electrons. The van der Waals surface area contributed by atoms with Gasteiger partial charge in [-0.2, -0.15) is 0 Å². The number of methoxy groups -OCH3 is 1. The second-order valence-corrected chi connectivity index (χ2v) is 8.32. The number of hydrogen-bond acceptors (Lipinski definition) is 7. The van der Waals surface area contributed by atoms with Crippen LogP contribution in [0.2, 0.25) is 0 Å². The number of nitrogens with two attached hydrogens (primary N) is 1. The number of carbonyl (C=O) groups excluding carboxylic acids is 1. The lowest BCUT2D eigenvalue weighted by Gasteiger charge is -2.16. The molecule has 152 valence electrons. The SMILES string of the molecule is COc1ccc2c(O[C@H]3CN[C@H](C(N)=O)C3)cc(-c3nc(C(C)C)cs3)nc2c1. The molecule has 3 heterocycles. The second-order valence-electron chi connectivity index (χ2n) is 7.46. The van der Waals surface area contributed by atoms with E-state index in [1.807, 2.05) is 24.3 Å². The molecule has 3 N–H and O–H groups in total. The Bertz CT molecular complexity index is 1050. The van der Waals surface area contributed by atoms with Gasteiger partial charge in [-0.15, -0.1) is 11.3 Å². The number of amides is 1. The van der Waals surface area contributed by atoms with Crippen molar-refractivity contribution >= 4 is 28.1 Å². The van der Waals surface area contributed by atoms with Gasteiger partial charge in [0.25, 0.3) is 0 Å². The molecule has 1 saturated heterocycles. The highest BCUT2D eigenvalue weighted by Gasteiger charge is 2.29. The van der Waals surface area contributed by atoms with Crippen LogP contribution in [0.4, 0.5) is 0 Å². The molecule has 3 aromatic rings. The minimum absolute atomic E-state index is 0.143. The summed E-state index contributed by atoms with van der Waals surface area (Å²) in [4.78, 5) is 21.0. The largest absolute Gasteiger partial charge is 0.497 e. The Labute approximate surface area is 173 Å². The number of primary amides is 1. The highest BCUT2D eigenvalue weighted by molar-refractivity contribution is 7.13. The van der Waals surface area contributed by atoms with Gasteiger partial charge in [-0.1, -0.05) is 13.8 Å². The lowest BCUT2D eigenvalue weighted by molar-refractivity contribution is -0.119. The topological polar surface area (TPSA) is 99.4 Å². The van der Waals surface area contributed by atoms with E-state index in [1.165, 1.54) is 0 Å². The van der Waals surface area contributed by atoms with Crippen LogP contribution in [0.1, 0.15) is 31.9 Å². The predicted molar refractivity (Wildman–Crippen MR) is 114 cm³/mol. The Morgan fingerprint density at radius 1 is 1.31 bits per heavy atom. The van der Waals surface area contributed by atoms with E-state index in [9.17, 15) is 4.79 Å². The molecule has 0 saturated carbocycles. The van der Waals surface area contributed by atoms with E-state index in [4.69, 9.17) is 25.2 Å². The molecule has 8 heteroatoms. The highest BCUT2D eigenvalue weighted by Crippen LogP contribution is 2.35. The first-order valence-corrected chi connectivity index (χ1v) is 10.5. The third-order valence-corrected chi connectivity index (χ3v) is 5.92. The van der Waals surface area contributed by atoms with Gasteiger partial charge in [-0.3, -0.25) is 4.79 Å². The molecule has 1 aliphatic heterocycles. The summed E-state index contributed by atoms with van der Waals surface area (Å²) in [5, 5.41) is 6.91. The quantitative estimate of drug-likeness (QED) is 0.645. The second kappa shape index (κ2) is 7.96. The maximum absolute atomic E-state index is 11.5. The molecule has 0 aliphatic carbocycles. The Hall–Kier alpha value is -2.71. The van der Waals surface area contributed by atoms with Crippen molar-refractivity contribution in [2.75, 3.05) is 13.7 Å². The maximum atomic E-state index is 11.5. The molecule has 0 bridgehead atoms. The first kappa shape index (κ1) is 19.6. The lowest BCUT2D eigenvalue weighted by Crippen LogP contribution is -2.36. The molecule has 0 unspecified atom stereocenters. The summed E-state index contributed by atoms with van der Waals surface area (Å²) in [7, 11) is 1.63. The fourth-order valence-corrected chi connectivity index (χ4v) is 4.31. The smallest absolute Gasteiger partial charge is 0.234 e. The van der Waals surface area contributed by atoms with E-state index in [0.29, 0.717) is 24.6 Å². The average molecular weight is 413 g/mol. The highest BCUT2D eigenvalue weighted by atomic mass is 32.1. The van der Waals surface area contributed by atoms with Crippen LogP contribution < -0.4 is 20.5 Å². The maximum Gasteiger partial charge on any atom is 0.234 e. The number of fused-ring (bicyclic) bond motifs is 1. The summed E-state index contributed by atoms with van der Waals surface area (Å²) < 4.78 is 11.6. The van der Waals surface area contributed by atoms with Crippen molar-refractivity contribution in [2.45, 2.75) is 38.3 Å². The summed E-state index contributed by atoms with van der Waals surface area (Å²) in [6.07, 6.45) is 0.398. The van der Waals surface area contributed by atoms with Crippen molar-refractivity contribution in [2.24, 2.45) is 5.73 Å². The zero-order valence-electron chi connectivity index (χ0n) is 16.6. The van der Waals surface area contributed by atoms with Crippen LogP contribution >= 0.6 is 11.3 Å². The molecule has 0 spiro atoms. The molecule has 7 nitrogen and oxygen atoms in total. The molecule has 2 atom stereocenters. The molecule has 1 amide bonds. The number of nitrogens with one attached hydrogen (secondary N) is 1. The van der Waals surface area contributed by atoms with Crippen LogP contribution in [0.5, 0.6) is 11.5 Å². The number of nitrogens with zero attached hydrogens (tertiary/aromatic N) is 2. The van der Waals surface area contributed by atoms with Crippen LogP contribution in [0.15, 0.2) is 29.6 Å². The number of hydrogen-bond donors (Lipinski definition) is 2. The molecule has 1 aromatic carbocycles. The fourth-order valence-electron chi connectivity index (χ4n) is 3.37. The number of rotatable bonds is 6. The standard InChI is InChI=1S/C21H24N4O3S/c1-11(2)18-10-29-21(25-18)17-8-19(28-13-7-16(20(22)26)23-9-13)14-5-4-12(27-3)6-15(14)24-17/h4-6,8,10-11,13,16,23H,7,9H2,1-3H3,(H2,22,26)/t13-,16+/m1/s1. The Kier molecular flexibility index (Phi) is 5.38. The molecule has 1 aliphatic rings. The van der Waals surface area contributed by atoms with Gasteiger partial charge >= 0.3 is 0 Å². The Morgan fingerprint density at radius 3 is 2.79 bits per heavy atom. The van der Waals surface area contributed by atoms with Gasteiger partial charge in [-0.05, 0) is 18.1 Å². The van der Waals surface area contributed by atoms with Gasteiger partial charge in [0.1, 0.15) is 28.3 Å². The fraction of sp³-hybridized carbons (Fsp3) is 0.381. The van der Waals surface area contributed by atoms with Crippen molar-refractivity contribution in [3.8, 4) is 22.2 Å². The van der Waals surface area contributed by atoms with Crippen LogP contribution in [-0.2, 0) is 4.79 Å². The predicted octanol–water partition coefficient (Wildman–Crippen LogP) is 3.08. The van der Waals surface area contributed by atoms with Crippen molar-refractivity contribution in [1.82, 2.24) is 15.3 Å². The number of carbonyl (C=O) groups is 1. The Morgan fingerprint density at radius 2 is 2.14 bits per heavy atom. The zero-order valence-corrected chi connectivity index (χ0v) is 17.5. The van der Waals surface area contributed by atoms with Crippen molar-refractivity contribution in [3.63, 3.8) is 0 Å². The minimum atomic E-state index is -0.361. The monoisotopic (exact) mass is 412 g/mol. The van der Waals surface area contributed by atoms with Crippen LogP contribution in [0.3, 0.4) is 0 Å². The van der Waals surface area contributed by atoms with E-state index in [1.54, 1.807) is 18.4 Å². The molecule has 1 fully saturated rings. The summed E-state index contributed by atoms with van der Waals surface area (Å²) in [6.45, 7) is 4.81. The van der Waals surface area contributed by atoms with E-state index in [-0.39, 0.29) is 18.1 Å². The van der Waals surface area contributed by atoms with Crippen LogP contribution in [-0.4, -0.2) is 41.7 Å².